The first-order valence-electron chi connectivity index (χ1n) is 6.85. The van der Waals surface area contributed by atoms with Crippen molar-refractivity contribution in [1.82, 2.24) is 20.3 Å². The smallest absolute Gasteiger partial charge is 0.325 e. The first-order chi connectivity index (χ1) is 11.0. The number of fused-ring (bicyclic) bond motifs is 1. The van der Waals surface area contributed by atoms with Crippen molar-refractivity contribution in [3.8, 4) is 5.75 Å². The molecule has 1 amide bonds. The van der Waals surface area contributed by atoms with Crippen molar-refractivity contribution in [2.45, 2.75) is 25.6 Å². The second-order valence-corrected chi connectivity index (χ2v) is 5.52. The second-order valence-electron chi connectivity index (χ2n) is 5.08. The average molecular weight is 337 g/mol. The first kappa shape index (κ1) is 15.3. The van der Waals surface area contributed by atoms with Crippen molar-refractivity contribution in [2.75, 3.05) is 0 Å². The third-order valence-corrected chi connectivity index (χ3v) is 3.55. The lowest BCUT2D eigenvalue weighted by Crippen LogP contribution is -2.37. The van der Waals surface area contributed by atoms with E-state index >= 15 is 0 Å². The van der Waals surface area contributed by atoms with Gasteiger partial charge in [0.2, 0.25) is 0 Å². The molecule has 0 saturated carbocycles. The molecule has 0 bridgehead atoms. The van der Waals surface area contributed by atoms with E-state index in [4.69, 9.17) is 21.4 Å². The number of carboxylic acid groups (broad SMARTS) is 1. The van der Waals surface area contributed by atoms with Crippen molar-refractivity contribution in [3.63, 3.8) is 0 Å². The predicted molar refractivity (Wildman–Crippen MR) is 79.1 cm³/mol. The number of ether oxygens (including phenoxy) is 1. The summed E-state index contributed by atoms with van der Waals surface area (Å²) in [7, 11) is 0. The van der Waals surface area contributed by atoms with Crippen LogP contribution in [0.25, 0.3) is 0 Å². The SMILES string of the molecule is O=C(O)Cn1cc(CNC(=O)C2Cc3cc(Cl)ccc3O2)nn1. The van der Waals surface area contributed by atoms with Gasteiger partial charge in [-0.25, -0.2) is 4.68 Å². The number of amides is 1. The number of carbonyl (C=O) groups is 2. The molecule has 0 saturated heterocycles. The molecule has 2 N–H and O–H groups in total. The molecule has 1 aliphatic rings. The second kappa shape index (κ2) is 6.25. The Labute approximate surface area is 136 Å². The van der Waals surface area contributed by atoms with Crippen LogP contribution in [0.3, 0.4) is 0 Å². The molecule has 1 aromatic heterocycles. The van der Waals surface area contributed by atoms with Crippen LogP contribution in [-0.2, 0) is 29.1 Å². The fourth-order valence-corrected chi connectivity index (χ4v) is 2.48. The molecule has 23 heavy (non-hydrogen) atoms. The molecular weight excluding hydrogens is 324 g/mol. The molecule has 2 aromatic rings. The molecular formula is C14H13ClN4O4. The van der Waals surface area contributed by atoms with Crippen LogP contribution in [0, 0.1) is 0 Å². The number of carbonyl (C=O) groups excluding carboxylic acids is 1. The third kappa shape index (κ3) is 3.59. The molecule has 9 heteroatoms. The molecule has 0 aliphatic carbocycles. The molecule has 0 fully saturated rings. The van der Waals surface area contributed by atoms with E-state index < -0.39 is 12.1 Å². The number of nitrogens with zero attached hydrogens (tertiary/aromatic N) is 3. The van der Waals surface area contributed by atoms with Crippen LogP contribution < -0.4 is 10.1 Å². The van der Waals surface area contributed by atoms with Crippen molar-refractivity contribution >= 4 is 23.5 Å². The Hall–Kier alpha value is -2.61. The Kier molecular flexibility index (Phi) is 4.16. The van der Waals surface area contributed by atoms with Gasteiger partial charge in [0.1, 0.15) is 18.0 Å². The highest BCUT2D eigenvalue weighted by atomic mass is 35.5. The van der Waals surface area contributed by atoms with E-state index in [1.54, 1.807) is 18.2 Å². The Morgan fingerprint density at radius 2 is 2.30 bits per heavy atom. The Morgan fingerprint density at radius 1 is 1.48 bits per heavy atom. The molecule has 120 valence electrons. The van der Waals surface area contributed by atoms with Crippen LogP contribution in [0.15, 0.2) is 24.4 Å². The summed E-state index contributed by atoms with van der Waals surface area (Å²) >= 11 is 5.91. The maximum absolute atomic E-state index is 12.1. The molecule has 1 unspecified atom stereocenters. The van der Waals surface area contributed by atoms with Crippen LogP contribution in [-0.4, -0.2) is 38.1 Å². The van der Waals surface area contributed by atoms with Gasteiger partial charge < -0.3 is 15.2 Å². The maximum Gasteiger partial charge on any atom is 0.325 e. The zero-order valence-electron chi connectivity index (χ0n) is 11.9. The number of aromatic nitrogens is 3. The monoisotopic (exact) mass is 336 g/mol. The molecule has 3 rings (SSSR count). The van der Waals surface area contributed by atoms with Crippen molar-refractivity contribution < 1.29 is 19.4 Å². The maximum atomic E-state index is 12.1. The number of benzene rings is 1. The number of rotatable bonds is 5. The summed E-state index contributed by atoms with van der Waals surface area (Å²) in [5, 5.41) is 19.4. The lowest BCUT2D eigenvalue weighted by atomic mass is 10.1. The molecule has 0 radical (unpaired) electrons. The van der Waals surface area contributed by atoms with E-state index in [9.17, 15) is 9.59 Å². The number of hydrogen-bond acceptors (Lipinski definition) is 5. The number of carboxylic acids is 1. The van der Waals surface area contributed by atoms with E-state index in [-0.39, 0.29) is 19.0 Å². The molecule has 8 nitrogen and oxygen atoms in total. The largest absolute Gasteiger partial charge is 0.480 e. The normalized spacial score (nSPS) is 15.8. The van der Waals surface area contributed by atoms with Gasteiger partial charge in [0.15, 0.2) is 6.10 Å². The molecule has 2 heterocycles. The van der Waals surface area contributed by atoms with Gasteiger partial charge in [0, 0.05) is 11.4 Å². The predicted octanol–water partition coefficient (Wildman–Crippen LogP) is 0.636. The summed E-state index contributed by atoms with van der Waals surface area (Å²) in [6.07, 6.45) is 1.31. The van der Waals surface area contributed by atoms with Gasteiger partial charge in [-0.3, -0.25) is 9.59 Å². The third-order valence-electron chi connectivity index (χ3n) is 3.32. The number of hydrogen-bond donors (Lipinski definition) is 2. The van der Waals surface area contributed by atoms with Gasteiger partial charge in [-0.15, -0.1) is 5.10 Å². The fourth-order valence-electron chi connectivity index (χ4n) is 2.29. The highest BCUT2D eigenvalue weighted by Crippen LogP contribution is 2.31. The van der Waals surface area contributed by atoms with E-state index in [1.807, 2.05) is 0 Å². The minimum atomic E-state index is -1.01. The fraction of sp³-hybridized carbons (Fsp3) is 0.286. The van der Waals surface area contributed by atoms with Gasteiger partial charge in [-0.05, 0) is 23.8 Å². The zero-order valence-corrected chi connectivity index (χ0v) is 12.7. The number of nitrogens with one attached hydrogen (secondary N) is 1. The number of aliphatic carboxylic acids is 1. The van der Waals surface area contributed by atoms with Crippen molar-refractivity contribution in [3.05, 3.63) is 40.7 Å². The average Bonchev–Trinajstić information content (AvgIpc) is 3.10. The first-order valence-corrected chi connectivity index (χ1v) is 7.22. The topological polar surface area (TPSA) is 106 Å². The Morgan fingerprint density at radius 3 is 3.09 bits per heavy atom. The molecule has 0 spiro atoms. The van der Waals surface area contributed by atoms with Crippen molar-refractivity contribution in [1.29, 1.82) is 0 Å². The quantitative estimate of drug-likeness (QED) is 0.829. The van der Waals surface area contributed by atoms with Crippen LogP contribution >= 0.6 is 11.6 Å². The molecule has 1 atom stereocenters. The van der Waals surface area contributed by atoms with E-state index in [1.165, 1.54) is 10.9 Å². The molecule has 1 aromatic carbocycles. The standard InChI is InChI=1S/C14H13ClN4O4/c15-9-1-2-11-8(3-9)4-12(23-11)14(22)16-5-10-6-19(18-17-10)7-13(20)21/h1-3,6,12H,4-5,7H2,(H,16,22)(H,20,21). The minimum absolute atomic E-state index is 0.148. The van der Waals surface area contributed by atoms with Gasteiger partial charge in [-0.1, -0.05) is 16.8 Å². The van der Waals surface area contributed by atoms with Crippen molar-refractivity contribution in [2.24, 2.45) is 0 Å². The zero-order chi connectivity index (χ0) is 16.4. The van der Waals surface area contributed by atoms with E-state index in [0.717, 1.165) is 5.56 Å². The number of halogens is 1. The molecule has 1 aliphatic heterocycles. The van der Waals surface area contributed by atoms with Gasteiger partial charge in [0.25, 0.3) is 5.91 Å². The van der Waals surface area contributed by atoms with Gasteiger partial charge in [-0.2, -0.15) is 0 Å². The summed E-state index contributed by atoms with van der Waals surface area (Å²) in [5.74, 6) is -0.631. The van der Waals surface area contributed by atoms with Gasteiger partial charge >= 0.3 is 5.97 Å². The highest BCUT2D eigenvalue weighted by Gasteiger charge is 2.29. The summed E-state index contributed by atoms with van der Waals surface area (Å²) in [6, 6.07) is 5.23. The van der Waals surface area contributed by atoms with Crippen LogP contribution in [0.2, 0.25) is 5.02 Å². The van der Waals surface area contributed by atoms with E-state index in [0.29, 0.717) is 22.9 Å². The van der Waals surface area contributed by atoms with Crippen LogP contribution in [0.1, 0.15) is 11.3 Å². The highest BCUT2D eigenvalue weighted by molar-refractivity contribution is 6.30. The minimum Gasteiger partial charge on any atom is -0.480 e. The summed E-state index contributed by atoms with van der Waals surface area (Å²) in [5.41, 5.74) is 1.36. The summed E-state index contributed by atoms with van der Waals surface area (Å²) in [6.45, 7) is -0.127. The summed E-state index contributed by atoms with van der Waals surface area (Å²) in [4.78, 5) is 22.7. The van der Waals surface area contributed by atoms with E-state index in [2.05, 4.69) is 15.6 Å². The van der Waals surface area contributed by atoms with Gasteiger partial charge in [0.05, 0.1) is 12.7 Å². The Balaban J connectivity index is 1.54. The van der Waals surface area contributed by atoms with Crippen LogP contribution in [0.4, 0.5) is 0 Å². The lowest BCUT2D eigenvalue weighted by Gasteiger charge is -2.10. The summed E-state index contributed by atoms with van der Waals surface area (Å²) < 4.78 is 6.77. The Bertz CT molecular complexity index is 761. The lowest BCUT2D eigenvalue weighted by molar-refractivity contribution is -0.138. The van der Waals surface area contributed by atoms with Crippen LogP contribution in [0.5, 0.6) is 5.75 Å².